The van der Waals surface area contributed by atoms with Gasteiger partial charge in [-0.1, -0.05) is 42.6 Å². The van der Waals surface area contributed by atoms with Gasteiger partial charge in [0.1, 0.15) is 4.88 Å². The first-order valence-corrected chi connectivity index (χ1v) is 9.82. The van der Waals surface area contributed by atoms with E-state index in [4.69, 9.17) is 0 Å². The van der Waals surface area contributed by atoms with Gasteiger partial charge in [0.15, 0.2) is 0 Å². The van der Waals surface area contributed by atoms with Crippen molar-refractivity contribution in [2.75, 3.05) is 13.1 Å². The van der Waals surface area contributed by atoms with Crippen LogP contribution in [0.25, 0.3) is 0 Å². The summed E-state index contributed by atoms with van der Waals surface area (Å²) in [5.74, 6) is 0.718. The van der Waals surface area contributed by atoms with Gasteiger partial charge in [0.05, 0.1) is 5.69 Å². The summed E-state index contributed by atoms with van der Waals surface area (Å²) in [6, 6.07) is 8.56. The van der Waals surface area contributed by atoms with E-state index in [9.17, 15) is 4.79 Å². The van der Waals surface area contributed by atoms with Crippen LogP contribution in [0, 0.1) is 5.92 Å². The van der Waals surface area contributed by atoms with Crippen molar-refractivity contribution in [1.29, 1.82) is 0 Å². The molecule has 5 nitrogen and oxygen atoms in total. The van der Waals surface area contributed by atoms with Crippen molar-refractivity contribution in [2.24, 2.45) is 5.92 Å². The molecule has 0 radical (unpaired) electrons. The molecule has 1 aromatic carbocycles. The Morgan fingerprint density at radius 3 is 2.80 bits per heavy atom. The molecule has 0 aliphatic carbocycles. The van der Waals surface area contributed by atoms with Crippen molar-refractivity contribution < 1.29 is 4.79 Å². The van der Waals surface area contributed by atoms with Gasteiger partial charge in [0.2, 0.25) is 0 Å². The van der Waals surface area contributed by atoms with Gasteiger partial charge in [-0.2, -0.15) is 0 Å². The van der Waals surface area contributed by atoms with Gasteiger partial charge in [-0.05, 0) is 54.4 Å². The average molecular weight is 359 g/mol. The van der Waals surface area contributed by atoms with Crippen LogP contribution < -0.4 is 5.32 Å². The van der Waals surface area contributed by atoms with E-state index in [1.165, 1.54) is 31.5 Å². The molecule has 1 aromatic heterocycles. The number of carbonyl (C=O) groups is 1. The third-order valence-corrected chi connectivity index (χ3v) is 5.49. The Kier molecular flexibility index (Phi) is 6.15. The summed E-state index contributed by atoms with van der Waals surface area (Å²) >= 11 is 1.16. The van der Waals surface area contributed by atoms with E-state index < -0.39 is 0 Å². The molecule has 0 spiro atoms. The van der Waals surface area contributed by atoms with Crippen LogP contribution in [0.5, 0.6) is 0 Å². The Labute approximate surface area is 153 Å². The Morgan fingerprint density at radius 1 is 1.32 bits per heavy atom. The molecule has 1 aliphatic rings. The van der Waals surface area contributed by atoms with Crippen molar-refractivity contribution in [3.63, 3.8) is 0 Å². The maximum Gasteiger partial charge on any atom is 0.265 e. The normalized spacial score (nSPS) is 18.2. The molecule has 3 rings (SSSR count). The predicted octanol–water partition coefficient (Wildman–Crippen LogP) is 3.26. The fourth-order valence-corrected chi connectivity index (χ4v) is 3.99. The van der Waals surface area contributed by atoms with Crippen LogP contribution in [0.15, 0.2) is 24.3 Å². The molecular weight excluding hydrogens is 332 g/mol. The van der Waals surface area contributed by atoms with Crippen LogP contribution in [0.4, 0.5) is 0 Å². The van der Waals surface area contributed by atoms with Gasteiger partial charge >= 0.3 is 0 Å². The second-order valence-corrected chi connectivity index (χ2v) is 7.64. The number of rotatable bonds is 6. The van der Waals surface area contributed by atoms with Gasteiger partial charge in [0.25, 0.3) is 5.91 Å². The summed E-state index contributed by atoms with van der Waals surface area (Å²) in [4.78, 5) is 15.4. The number of amides is 1. The largest absolute Gasteiger partial charge is 0.347 e. The minimum atomic E-state index is -0.0850. The molecule has 1 unspecified atom stereocenters. The predicted molar refractivity (Wildman–Crippen MR) is 101 cm³/mol. The van der Waals surface area contributed by atoms with Crippen LogP contribution in [-0.4, -0.2) is 33.5 Å². The molecule has 2 heterocycles. The van der Waals surface area contributed by atoms with E-state index in [0.29, 0.717) is 11.4 Å². The monoisotopic (exact) mass is 358 g/mol. The number of nitrogens with one attached hydrogen (secondary N) is 1. The molecule has 1 aliphatic heterocycles. The molecule has 134 valence electrons. The van der Waals surface area contributed by atoms with Crippen molar-refractivity contribution in [2.45, 2.75) is 46.2 Å². The zero-order valence-electron chi connectivity index (χ0n) is 15.0. The molecule has 1 N–H and O–H groups in total. The maximum absolute atomic E-state index is 12.2. The lowest BCUT2D eigenvalue weighted by Crippen LogP contribution is -2.33. The molecular formula is C19H26N4OS. The first kappa shape index (κ1) is 18.0. The summed E-state index contributed by atoms with van der Waals surface area (Å²) in [6.45, 7) is 8.26. The van der Waals surface area contributed by atoms with Crippen LogP contribution in [0.2, 0.25) is 0 Å². The van der Waals surface area contributed by atoms with E-state index >= 15 is 0 Å². The molecule has 2 aromatic rings. The van der Waals surface area contributed by atoms with Crippen molar-refractivity contribution >= 4 is 17.4 Å². The Bertz CT molecular complexity index is 698. The van der Waals surface area contributed by atoms with Crippen LogP contribution in [-0.2, 0) is 19.5 Å². The van der Waals surface area contributed by atoms with E-state index in [2.05, 4.69) is 51.0 Å². The van der Waals surface area contributed by atoms with Crippen molar-refractivity contribution in [3.8, 4) is 0 Å². The Morgan fingerprint density at radius 2 is 2.08 bits per heavy atom. The molecule has 6 heteroatoms. The maximum atomic E-state index is 12.2. The smallest absolute Gasteiger partial charge is 0.265 e. The third kappa shape index (κ3) is 4.86. The lowest BCUT2D eigenvalue weighted by molar-refractivity contribution is 0.0954. The first-order chi connectivity index (χ1) is 12.2. The Hall–Kier alpha value is -1.79. The van der Waals surface area contributed by atoms with E-state index in [-0.39, 0.29) is 5.91 Å². The second-order valence-electron chi connectivity index (χ2n) is 6.88. The zero-order chi connectivity index (χ0) is 17.6. The summed E-state index contributed by atoms with van der Waals surface area (Å²) in [5.41, 5.74) is 3.22. The first-order valence-electron chi connectivity index (χ1n) is 9.05. The minimum Gasteiger partial charge on any atom is -0.347 e. The van der Waals surface area contributed by atoms with Crippen LogP contribution in [0.3, 0.4) is 0 Å². The minimum absolute atomic E-state index is 0.0850. The fourth-order valence-electron chi connectivity index (χ4n) is 3.33. The number of aryl methyl sites for hydroxylation is 1. The summed E-state index contributed by atoms with van der Waals surface area (Å²) < 4.78 is 3.87. The quantitative estimate of drug-likeness (QED) is 0.861. The summed E-state index contributed by atoms with van der Waals surface area (Å²) in [6.07, 6.45) is 3.38. The summed E-state index contributed by atoms with van der Waals surface area (Å²) in [7, 11) is 0. The van der Waals surface area contributed by atoms with E-state index in [1.807, 2.05) is 6.92 Å². The molecule has 1 fully saturated rings. The highest BCUT2D eigenvalue weighted by atomic mass is 32.1. The molecule has 1 atom stereocenters. The van der Waals surface area contributed by atoms with Gasteiger partial charge in [-0.25, -0.2) is 0 Å². The van der Waals surface area contributed by atoms with Crippen LogP contribution in [0.1, 0.15) is 53.2 Å². The number of benzene rings is 1. The SMILES string of the molecule is CCc1nnsc1C(=O)NCc1ccc(CN2CCCC(C)C2)cc1. The lowest BCUT2D eigenvalue weighted by Gasteiger charge is -2.30. The second kappa shape index (κ2) is 8.54. The van der Waals surface area contributed by atoms with Gasteiger partial charge in [-0.15, -0.1) is 5.10 Å². The van der Waals surface area contributed by atoms with Gasteiger partial charge < -0.3 is 5.32 Å². The summed E-state index contributed by atoms with van der Waals surface area (Å²) in [5, 5.41) is 6.95. The standard InChI is InChI=1S/C19H26N4OS/c1-3-17-18(25-22-21-17)19(24)20-11-15-6-8-16(9-7-15)13-23-10-4-5-14(2)12-23/h6-9,14H,3-5,10-13H2,1-2H3,(H,20,24). The molecule has 25 heavy (non-hydrogen) atoms. The number of aromatic nitrogens is 2. The average Bonchev–Trinajstić information content (AvgIpc) is 3.10. The number of likely N-dealkylation sites (tertiary alicyclic amines) is 1. The van der Waals surface area contributed by atoms with Gasteiger partial charge in [-0.3, -0.25) is 9.69 Å². The van der Waals surface area contributed by atoms with Crippen molar-refractivity contribution in [3.05, 3.63) is 46.0 Å². The number of carbonyl (C=O) groups excluding carboxylic acids is 1. The number of piperidine rings is 1. The van der Waals surface area contributed by atoms with E-state index in [1.54, 1.807) is 0 Å². The molecule has 0 saturated carbocycles. The third-order valence-electron chi connectivity index (χ3n) is 4.72. The molecule has 0 bridgehead atoms. The Balaban J connectivity index is 1.51. The molecule has 1 saturated heterocycles. The van der Waals surface area contributed by atoms with E-state index in [0.717, 1.165) is 41.7 Å². The highest BCUT2D eigenvalue weighted by molar-refractivity contribution is 7.08. The molecule has 1 amide bonds. The fraction of sp³-hybridized carbons (Fsp3) is 0.526. The highest BCUT2D eigenvalue weighted by Gasteiger charge is 2.16. The number of hydrogen-bond donors (Lipinski definition) is 1. The van der Waals surface area contributed by atoms with Crippen LogP contribution >= 0.6 is 11.5 Å². The highest BCUT2D eigenvalue weighted by Crippen LogP contribution is 2.18. The van der Waals surface area contributed by atoms with Crippen molar-refractivity contribution in [1.82, 2.24) is 19.8 Å². The number of nitrogens with zero attached hydrogens (tertiary/aromatic N) is 3. The number of hydrogen-bond acceptors (Lipinski definition) is 5. The zero-order valence-corrected chi connectivity index (χ0v) is 15.8. The van der Waals surface area contributed by atoms with Gasteiger partial charge in [0, 0.05) is 19.6 Å². The lowest BCUT2D eigenvalue weighted by atomic mass is 9.99. The topological polar surface area (TPSA) is 58.1 Å².